The van der Waals surface area contributed by atoms with Crippen LogP contribution in [0.3, 0.4) is 0 Å². The van der Waals surface area contributed by atoms with Gasteiger partial charge in [-0.15, -0.1) is 0 Å². The Bertz CT molecular complexity index is 2880. The second-order valence-electron chi connectivity index (χ2n) is 15.5. The van der Waals surface area contributed by atoms with Gasteiger partial charge in [-0.2, -0.15) is 0 Å². The zero-order valence-corrected chi connectivity index (χ0v) is 35.6. The number of esters is 2. The molecule has 2 aliphatic rings. The Balaban J connectivity index is 1.28. The number of carbonyl (C=O) groups is 2. The van der Waals surface area contributed by atoms with Gasteiger partial charge in [-0.3, -0.25) is 29.8 Å². The summed E-state index contributed by atoms with van der Waals surface area (Å²) >= 11 is 0. The number of nitro groups is 2. The summed E-state index contributed by atoms with van der Waals surface area (Å²) in [5.74, 6) is -0.925. The van der Waals surface area contributed by atoms with Crippen LogP contribution in [0.2, 0.25) is 0 Å². The molecule has 0 saturated carbocycles. The summed E-state index contributed by atoms with van der Waals surface area (Å²) in [7, 11) is 0. The van der Waals surface area contributed by atoms with Gasteiger partial charge in [-0.25, -0.2) is 9.97 Å². The average molecular weight is 837 g/mol. The van der Waals surface area contributed by atoms with Gasteiger partial charge >= 0.3 is 11.9 Å². The molecular formula is C48H48N6O8. The number of ether oxygens (including phenoxy) is 2. The molecule has 5 aromatic rings. The van der Waals surface area contributed by atoms with Crippen molar-refractivity contribution in [1.29, 1.82) is 0 Å². The number of allylic oxidation sites excluding steroid dienone is 4. The zero-order chi connectivity index (χ0) is 44.2. The maximum atomic E-state index is 13.2. The van der Waals surface area contributed by atoms with E-state index in [1.807, 2.05) is 26.0 Å². The summed E-state index contributed by atoms with van der Waals surface area (Å²) in [6.07, 6.45) is 2.29. The van der Waals surface area contributed by atoms with E-state index in [0.29, 0.717) is 35.4 Å². The van der Waals surface area contributed by atoms with Crippen LogP contribution in [0.4, 0.5) is 11.4 Å². The number of benzene rings is 2. The maximum absolute atomic E-state index is 13.2. The van der Waals surface area contributed by atoms with E-state index in [-0.39, 0.29) is 37.4 Å². The van der Waals surface area contributed by atoms with Crippen LogP contribution in [-0.4, -0.2) is 41.7 Å². The van der Waals surface area contributed by atoms with Crippen molar-refractivity contribution in [3.8, 4) is 0 Å². The molecule has 2 aliphatic heterocycles. The maximum Gasteiger partial charge on any atom is 0.306 e. The molecule has 2 N–H and O–H groups in total. The van der Waals surface area contributed by atoms with Gasteiger partial charge in [0.25, 0.3) is 11.4 Å². The number of nitrogens with one attached hydrogen (secondary N) is 2. The van der Waals surface area contributed by atoms with Crippen LogP contribution in [0.25, 0.3) is 44.4 Å². The summed E-state index contributed by atoms with van der Waals surface area (Å²) in [5.41, 5.74) is 15.6. The Kier molecular flexibility index (Phi) is 12.6. The molecule has 0 aliphatic carbocycles. The molecule has 3 aromatic heterocycles. The van der Waals surface area contributed by atoms with E-state index < -0.39 is 21.8 Å². The summed E-state index contributed by atoms with van der Waals surface area (Å²) in [6, 6.07) is 20.2. The molecule has 0 amide bonds. The predicted octanol–water partition coefficient (Wildman–Crippen LogP) is 10.8. The number of non-ortho nitro benzene ring substituents is 2. The third-order valence-electron chi connectivity index (χ3n) is 11.7. The molecular weight excluding hydrogens is 789 g/mol. The Labute approximate surface area is 358 Å². The highest BCUT2D eigenvalue weighted by Gasteiger charge is 2.24. The van der Waals surface area contributed by atoms with Crippen molar-refractivity contribution < 1.29 is 28.9 Å². The highest BCUT2D eigenvalue weighted by Crippen LogP contribution is 2.38. The lowest BCUT2D eigenvalue weighted by Crippen LogP contribution is -2.05. The van der Waals surface area contributed by atoms with Crippen molar-refractivity contribution in [2.75, 3.05) is 0 Å². The van der Waals surface area contributed by atoms with E-state index >= 15 is 0 Å². The van der Waals surface area contributed by atoms with Gasteiger partial charge in [0, 0.05) is 59.2 Å². The third-order valence-corrected chi connectivity index (χ3v) is 11.7. The number of nitro benzene ring substituents is 2. The van der Waals surface area contributed by atoms with Gasteiger partial charge in [0.15, 0.2) is 0 Å². The fraction of sp³-hybridized carbons (Fsp3) is 0.292. The van der Waals surface area contributed by atoms with Gasteiger partial charge in [-0.1, -0.05) is 38.1 Å². The van der Waals surface area contributed by atoms with E-state index in [1.165, 1.54) is 35.4 Å². The monoisotopic (exact) mass is 836 g/mol. The van der Waals surface area contributed by atoms with E-state index in [1.54, 1.807) is 24.3 Å². The van der Waals surface area contributed by atoms with Crippen LogP contribution in [0, 0.1) is 34.1 Å². The van der Waals surface area contributed by atoms with E-state index in [2.05, 4.69) is 49.8 Å². The van der Waals surface area contributed by atoms with Gasteiger partial charge in [0.05, 0.1) is 32.6 Å². The van der Waals surface area contributed by atoms with Crippen LogP contribution in [0.5, 0.6) is 0 Å². The summed E-state index contributed by atoms with van der Waals surface area (Å²) < 4.78 is 11.1. The Morgan fingerprint density at radius 1 is 0.581 bits per heavy atom. The average Bonchev–Trinajstić information content (AvgIpc) is 3.92. The van der Waals surface area contributed by atoms with Crippen molar-refractivity contribution >= 4 is 67.7 Å². The minimum atomic E-state index is -0.489. The van der Waals surface area contributed by atoms with Gasteiger partial charge in [-0.05, 0) is 133 Å². The van der Waals surface area contributed by atoms with Crippen LogP contribution in [0.1, 0.15) is 110 Å². The van der Waals surface area contributed by atoms with Crippen molar-refractivity contribution in [2.24, 2.45) is 0 Å². The summed E-state index contributed by atoms with van der Waals surface area (Å²) in [4.78, 5) is 65.6. The minimum Gasteiger partial charge on any atom is -0.461 e. The number of aryl methyl sites for hydroxylation is 4. The smallest absolute Gasteiger partial charge is 0.306 e. The predicted molar refractivity (Wildman–Crippen MR) is 238 cm³/mol. The SMILES string of the molecule is CCc1c(C)c2cc3[nH]c(cc4nc(cc5nc(cc1[nH]2)C(C)=C5CCC(=O)OCc1cccc([N+](=O)[O-])c1)C(CCC(=O)OCc1cccc([N+](=O)[O-])c1)=C4C)c(C)c3CC. The highest BCUT2D eigenvalue weighted by molar-refractivity contribution is 5.96. The lowest BCUT2D eigenvalue weighted by atomic mass is 9.98. The van der Waals surface area contributed by atoms with E-state index in [0.717, 1.165) is 79.7 Å². The zero-order valence-electron chi connectivity index (χ0n) is 35.6. The Morgan fingerprint density at radius 2 is 1.00 bits per heavy atom. The Hall–Kier alpha value is -7.22. The number of nitrogens with zero attached hydrogens (tertiary/aromatic N) is 4. The van der Waals surface area contributed by atoms with Crippen LogP contribution in [0.15, 0.2) is 72.8 Å². The second-order valence-corrected chi connectivity index (χ2v) is 15.5. The molecule has 5 heterocycles. The third kappa shape index (κ3) is 9.09. The molecule has 14 heteroatoms. The fourth-order valence-corrected chi connectivity index (χ4v) is 8.20. The van der Waals surface area contributed by atoms with Crippen molar-refractivity contribution in [1.82, 2.24) is 19.9 Å². The summed E-state index contributed by atoms with van der Waals surface area (Å²) in [6.45, 7) is 12.3. The number of fused-ring (bicyclic) bond motifs is 8. The lowest BCUT2D eigenvalue weighted by molar-refractivity contribution is -0.385. The largest absolute Gasteiger partial charge is 0.461 e. The quantitative estimate of drug-likeness (QED) is 0.0617. The number of H-pyrrole nitrogens is 2. The molecule has 62 heavy (non-hydrogen) atoms. The molecule has 0 atom stereocenters. The molecule has 14 nitrogen and oxygen atoms in total. The number of hydrogen-bond donors (Lipinski definition) is 2. The van der Waals surface area contributed by atoms with Crippen LogP contribution in [-0.2, 0) is 45.1 Å². The molecule has 7 rings (SSSR count). The first-order valence-electron chi connectivity index (χ1n) is 20.7. The molecule has 0 spiro atoms. The molecule has 318 valence electrons. The standard InChI is InChI=1S/C48H48N6O8/c1-7-35-27(3)39-21-40-29(5)37(15-17-47(55)61-25-31-11-9-13-33(19-31)53(57)58)45(51-40)24-46-38(16-18-48(56)62-26-32-12-10-14-34(20-32)54(59)60)30(6)42(52-46)23-44-36(8-2)28(4)41(50-44)22-43(35)49-39/h9-14,19-24,49-50H,7-8,15-18,25-26H2,1-6H3. The number of carbonyl (C=O) groups excluding carboxylic acids is 2. The summed E-state index contributed by atoms with van der Waals surface area (Å²) in [5, 5.41) is 22.5. The molecule has 0 fully saturated rings. The Morgan fingerprint density at radius 3 is 1.44 bits per heavy atom. The normalized spacial score (nSPS) is 12.5. The van der Waals surface area contributed by atoms with Crippen molar-refractivity contribution in [3.05, 3.63) is 149 Å². The lowest BCUT2D eigenvalue weighted by Gasteiger charge is -2.08. The van der Waals surface area contributed by atoms with Crippen molar-refractivity contribution in [3.63, 3.8) is 0 Å². The van der Waals surface area contributed by atoms with E-state index in [9.17, 15) is 29.8 Å². The van der Waals surface area contributed by atoms with Crippen LogP contribution < -0.4 is 0 Å². The van der Waals surface area contributed by atoms with Crippen molar-refractivity contribution in [2.45, 2.75) is 93.3 Å². The van der Waals surface area contributed by atoms with E-state index in [4.69, 9.17) is 19.4 Å². The molecule has 0 saturated heterocycles. The molecule has 0 radical (unpaired) electrons. The second kappa shape index (κ2) is 18.2. The molecule has 0 unspecified atom stereocenters. The first-order chi connectivity index (χ1) is 29.7. The number of aromatic amines is 2. The molecule has 8 bridgehead atoms. The fourth-order valence-electron chi connectivity index (χ4n) is 8.20. The van der Waals surface area contributed by atoms with Gasteiger partial charge < -0.3 is 19.4 Å². The first-order valence-corrected chi connectivity index (χ1v) is 20.7. The topological polar surface area (TPSA) is 196 Å². The van der Waals surface area contributed by atoms with Gasteiger partial charge in [0.2, 0.25) is 0 Å². The molecule has 2 aromatic carbocycles. The van der Waals surface area contributed by atoms with Gasteiger partial charge in [0.1, 0.15) is 13.2 Å². The van der Waals surface area contributed by atoms with Crippen LogP contribution >= 0.6 is 0 Å². The number of aromatic nitrogens is 4. The first kappa shape index (κ1) is 42.9. The number of rotatable bonds is 14. The highest BCUT2D eigenvalue weighted by atomic mass is 16.6. The number of hydrogen-bond acceptors (Lipinski definition) is 10. The minimum absolute atomic E-state index is 0.0339.